The Kier molecular flexibility index (Phi) is 3.57. The van der Waals surface area contributed by atoms with E-state index in [0.29, 0.717) is 0 Å². The second-order valence-corrected chi connectivity index (χ2v) is 4.55. The van der Waals surface area contributed by atoms with E-state index in [2.05, 4.69) is 33.0 Å². The minimum Gasteiger partial charge on any atom is -0.311 e. The van der Waals surface area contributed by atoms with Crippen LogP contribution in [0.4, 0.5) is 0 Å². The van der Waals surface area contributed by atoms with Crippen molar-refractivity contribution in [2.75, 3.05) is 0 Å². The molecule has 0 aliphatic heterocycles. The maximum Gasteiger partial charge on any atom is 0.00900 e. The highest BCUT2D eigenvalue weighted by Gasteiger charge is 2.29. The van der Waals surface area contributed by atoms with Crippen molar-refractivity contribution in [2.45, 2.75) is 59.0 Å². The molecule has 0 aromatic heterocycles. The molecule has 1 aliphatic carbocycles. The highest BCUT2D eigenvalue weighted by Crippen LogP contribution is 2.32. The molecule has 12 heavy (non-hydrogen) atoms. The number of nitrogens with one attached hydrogen (secondary N) is 1. The summed E-state index contributed by atoms with van der Waals surface area (Å²) in [5.74, 6) is 1.76. The molecule has 1 aliphatic rings. The van der Waals surface area contributed by atoms with E-state index >= 15 is 0 Å². The van der Waals surface area contributed by atoms with Gasteiger partial charge in [0.1, 0.15) is 0 Å². The van der Waals surface area contributed by atoms with Crippen LogP contribution in [-0.4, -0.2) is 12.1 Å². The molecule has 0 saturated heterocycles. The van der Waals surface area contributed by atoms with Crippen molar-refractivity contribution in [3.8, 4) is 0 Å². The van der Waals surface area contributed by atoms with Crippen molar-refractivity contribution in [3.05, 3.63) is 0 Å². The molecule has 0 amide bonds. The average molecular weight is 169 g/mol. The van der Waals surface area contributed by atoms with E-state index < -0.39 is 0 Å². The molecule has 1 fully saturated rings. The standard InChI is InChI=1S/C11H23N/c1-5-11(8(2)3)12-9(4)10-6-7-10/h8-12H,5-7H2,1-4H3. The fourth-order valence-electron chi connectivity index (χ4n) is 1.85. The Morgan fingerprint density at radius 3 is 2.17 bits per heavy atom. The topological polar surface area (TPSA) is 12.0 Å². The zero-order chi connectivity index (χ0) is 9.14. The fraction of sp³-hybridized carbons (Fsp3) is 1.00. The predicted molar refractivity (Wildman–Crippen MR) is 54.2 cm³/mol. The number of hydrogen-bond acceptors (Lipinski definition) is 1. The summed E-state index contributed by atoms with van der Waals surface area (Å²) in [5, 5.41) is 3.73. The Bertz CT molecular complexity index is 127. The lowest BCUT2D eigenvalue weighted by molar-refractivity contribution is 0.336. The van der Waals surface area contributed by atoms with Gasteiger partial charge in [-0.15, -0.1) is 0 Å². The van der Waals surface area contributed by atoms with E-state index in [1.807, 2.05) is 0 Å². The molecular weight excluding hydrogens is 146 g/mol. The summed E-state index contributed by atoms with van der Waals surface area (Å²) < 4.78 is 0. The quantitative estimate of drug-likeness (QED) is 0.667. The number of rotatable bonds is 5. The highest BCUT2D eigenvalue weighted by atomic mass is 15.0. The zero-order valence-electron chi connectivity index (χ0n) is 8.93. The van der Waals surface area contributed by atoms with Gasteiger partial charge in [-0.2, -0.15) is 0 Å². The van der Waals surface area contributed by atoms with Gasteiger partial charge in [0.15, 0.2) is 0 Å². The summed E-state index contributed by atoms with van der Waals surface area (Å²) in [4.78, 5) is 0. The molecule has 1 heteroatoms. The Hall–Kier alpha value is -0.0400. The summed E-state index contributed by atoms with van der Waals surface area (Å²) in [7, 11) is 0. The van der Waals surface area contributed by atoms with E-state index in [1.54, 1.807) is 0 Å². The molecule has 0 radical (unpaired) electrons. The van der Waals surface area contributed by atoms with Crippen molar-refractivity contribution < 1.29 is 0 Å². The van der Waals surface area contributed by atoms with Crippen LogP contribution in [0.25, 0.3) is 0 Å². The lowest BCUT2D eigenvalue weighted by atomic mass is 10.0. The summed E-state index contributed by atoms with van der Waals surface area (Å²) in [6.07, 6.45) is 4.15. The van der Waals surface area contributed by atoms with Crippen molar-refractivity contribution in [1.29, 1.82) is 0 Å². The Morgan fingerprint density at radius 1 is 1.25 bits per heavy atom. The third-order valence-corrected chi connectivity index (χ3v) is 3.05. The first-order valence-electron chi connectivity index (χ1n) is 5.41. The minimum absolute atomic E-state index is 0.723. The van der Waals surface area contributed by atoms with Gasteiger partial charge < -0.3 is 5.32 Å². The summed E-state index contributed by atoms with van der Waals surface area (Å²) in [5.41, 5.74) is 0. The molecule has 1 saturated carbocycles. The third-order valence-electron chi connectivity index (χ3n) is 3.05. The van der Waals surface area contributed by atoms with Crippen LogP contribution in [0.2, 0.25) is 0 Å². The van der Waals surface area contributed by atoms with Crippen molar-refractivity contribution in [2.24, 2.45) is 11.8 Å². The normalized spacial score (nSPS) is 22.8. The van der Waals surface area contributed by atoms with E-state index in [0.717, 1.165) is 23.9 Å². The zero-order valence-corrected chi connectivity index (χ0v) is 8.93. The molecule has 1 N–H and O–H groups in total. The smallest absolute Gasteiger partial charge is 0.00900 e. The third kappa shape index (κ3) is 2.78. The van der Waals surface area contributed by atoms with E-state index in [9.17, 15) is 0 Å². The van der Waals surface area contributed by atoms with Crippen LogP contribution in [0.3, 0.4) is 0 Å². The van der Waals surface area contributed by atoms with Gasteiger partial charge in [-0.05, 0) is 38.0 Å². The second-order valence-electron chi connectivity index (χ2n) is 4.55. The molecular formula is C11H23N. The van der Waals surface area contributed by atoms with Gasteiger partial charge in [0.25, 0.3) is 0 Å². The molecule has 1 rings (SSSR count). The molecule has 0 heterocycles. The van der Waals surface area contributed by atoms with Gasteiger partial charge in [0.2, 0.25) is 0 Å². The van der Waals surface area contributed by atoms with Crippen LogP contribution in [0.5, 0.6) is 0 Å². The summed E-state index contributed by atoms with van der Waals surface area (Å²) in [6, 6.07) is 1.47. The first-order chi connectivity index (χ1) is 5.65. The lowest BCUT2D eigenvalue weighted by Gasteiger charge is -2.25. The second kappa shape index (κ2) is 4.27. The lowest BCUT2D eigenvalue weighted by Crippen LogP contribution is -2.40. The van der Waals surface area contributed by atoms with Gasteiger partial charge in [-0.25, -0.2) is 0 Å². The predicted octanol–water partition coefficient (Wildman–Crippen LogP) is 2.81. The SMILES string of the molecule is CCC(NC(C)C1CC1)C(C)C. The van der Waals surface area contributed by atoms with Crippen LogP contribution in [0, 0.1) is 11.8 Å². The molecule has 1 nitrogen and oxygen atoms in total. The van der Waals surface area contributed by atoms with Gasteiger partial charge >= 0.3 is 0 Å². The summed E-state index contributed by atoms with van der Waals surface area (Å²) in [6.45, 7) is 9.22. The molecule has 0 spiro atoms. The van der Waals surface area contributed by atoms with E-state index in [1.165, 1.54) is 19.3 Å². The van der Waals surface area contributed by atoms with E-state index in [4.69, 9.17) is 0 Å². The van der Waals surface area contributed by atoms with Gasteiger partial charge in [0.05, 0.1) is 0 Å². The van der Waals surface area contributed by atoms with Crippen LogP contribution in [0.1, 0.15) is 47.0 Å². The Labute approximate surface area is 76.9 Å². The molecule has 0 aromatic rings. The van der Waals surface area contributed by atoms with E-state index in [-0.39, 0.29) is 0 Å². The maximum absolute atomic E-state index is 3.73. The van der Waals surface area contributed by atoms with Gasteiger partial charge in [0, 0.05) is 12.1 Å². The van der Waals surface area contributed by atoms with Crippen LogP contribution < -0.4 is 5.32 Å². The Morgan fingerprint density at radius 2 is 1.83 bits per heavy atom. The average Bonchev–Trinajstić information content (AvgIpc) is 2.80. The molecule has 0 aromatic carbocycles. The fourth-order valence-corrected chi connectivity index (χ4v) is 1.85. The monoisotopic (exact) mass is 169 g/mol. The van der Waals surface area contributed by atoms with Crippen molar-refractivity contribution >= 4 is 0 Å². The minimum atomic E-state index is 0.723. The van der Waals surface area contributed by atoms with Crippen molar-refractivity contribution in [3.63, 3.8) is 0 Å². The first kappa shape index (κ1) is 10.0. The van der Waals surface area contributed by atoms with Gasteiger partial charge in [-0.3, -0.25) is 0 Å². The highest BCUT2D eigenvalue weighted by molar-refractivity contribution is 4.85. The summed E-state index contributed by atoms with van der Waals surface area (Å²) >= 11 is 0. The maximum atomic E-state index is 3.73. The van der Waals surface area contributed by atoms with Crippen LogP contribution >= 0.6 is 0 Å². The largest absolute Gasteiger partial charge is 0.311 e. The molecule has 2 atom stereocenters. The molecule has 2 unspecified atom stereocenters. The van der Waals surface area contributed by atoms with Crippen LogP contribution in [0.15, 0.2) is 0 Å². The Balaban J connectivity index is 2.25. The molecule has 0 bridgehead atoms. The van der Waals surface area contributed by atoms with Gasteiger partial charge in [-0.1, -0.05) is 20.8 Å². The van der Waals surface area contributed by atoms with Crippen LogP contribution in [-0.2, 0) is 0 Å². The van der Waals surface area contributed by atoms with Crippen molar-refractivity contribution in [1.82, 2.24) is 5.32 Å². The number of hydrogen-bond donors (Lipinski definition) is 1. The molecule has 72 valence electrons. The first-order valence-corrected chi connectivity index (χ1v) is 5.41.